The summed E-state index contributed by atoms with van der Waals surface area (Å²) in [4.78, 5) is 11.7. The van der Waals surface area contributed by atoms with Gasteiger partial charge >= 0.3 is 0 Å². The van der Waals surface area contributed by atoms with Gasteiger partial charge in [0.15, 0.2) is 0 Å². The van der Waals surface area contributed by atoms with Gasteiger partial charge in [0.25, 0.3) is 5.91 Å². The first-order valence-electron chi connectivity index (χ1n) is 6.52. The van der Waals surface area contributed by atoms with Crippen LogP contribution in [0.25, 0.3) is 0 Å². The normalized spacial score (nSPS) is 19.3. The summed E-state index contributed by atoms with van der Waals surface area (Å²) in [6, 6.07) is 7.95. The molecule has 18 heavy (non-hydrogen) atoms. The van der Waals surface area contributed by atoms with Gasteiger partial charge in [0.05, 0.1) is 6.61 Å². The van der Waals surface area contributed by atoms with Crippen LogP contribution < -0.4 is 10.6 Å². The van der Waals surface area contributed by atoms with Crippen LogP contribution in [0, 0.1) is 0 Å². The van der Waals surface area contributed by atoms with Crippen molar-refractivity contribution in [2.75, 3.05) is 25.1 Å². The van der Waals surface area contributed by atoms with E-state index in [2.05, 4.69) is 10.6 Å². The van der Waals surface area contributed by atoms with Gasteiger partial charge in [-0.3, -0.25) is 4.79 Å². The van der Waals surface area contributed by atoms with Gasteiger partial charge in [-0.2, -0.15) is 0 Å². The highest BCUT2D eigenvalue weighted by molar-refractivity contribution is 5.95. The van der Waals surface area contributed by atoms with Gasteiger partial charge in [-0.15, -0.1) is 0 Å². The molecule has 98 valence electrons. The first kappa shape index (κ1) is 12.9. The second kappa shape index (κ2) is 6.40. The van der Waals surface area contributed by atoms with Gasteiger partial charge < -0.3 is 15.4 Å². The van der Waals surface area contributed by atoms with Gasteiger partial charge in [-0.25, -0.2) is 0 Å². The van der Waals surface area contributed by atoms with Crippen LogP contribution >= 0.6 is 0 Å². The minimum Gasteiger partial charge on any atom is -0.380 e. The van der Waals surface area contributed by atoms with Crippen molar-refractivity contribution in [2.45, 2.75) is 25.8 Å². The van der Waals surface area contributed by atoms with Crippen LogP contribution in [0.1, 0.15) is 30.1 Å². The molecule has 1 saturated heterocycles. The Morgan fingerprint density at radius 2 is 2.39 bits per heavy atom. The highest BCUT2D eigenvalue weighted by atomic mass is 16.5. The second-order valence-electron chi connectivity index (χ2n) is 4.50. The summed E-state index contributed by atoms with van der Waals surface area (Å²) >= 11 is 0. The van der Waals surface area contributed by atoms with E-state index in [1.54, 1.807) is 0 Å². The monoisotopic (exact) mass is 248 g/mol. The first-order chi connectivity index (χ1) is 8.79. The van der Waals surface area contributed by atoms with Crippen molar-refractivity contribution in [3.05, 3.63) is 29.8 Å². The Labute approximate surface area is 108 Å². The van der Waals surface area contributed by atoms with Crippen molar-refractivity contribution in [3.63, 3.8) is 0 Å². The van der Waals surface area contributed by atoms with Crippen LogP contribution in [0.5, 0.6) is 0 Å². The largest absolute Gasteiger partial charge is 0.380 e. The summed E-state index contributed by atoms with van der Waals surface area (Å²) in [6.45, 7) is 4.16. The van der Waals surface area contributed by atoms with E-state index in [4.69, 9.17) is 4.74 Å². The fourth-order valence-electron chi connectivity index (χ4n) is 2.10. The number of benzene rings is 1. The zero-order valence-corrected chi connectivity index (χ0v) is 10.7. The summed E-state index contributed by atoms with van der Waals surface area (Å²) in [5.41, 5.74) is 1.67. The molecule has 1 unspecified atom stereocenters. The average Bonchev–Trinajstić information content (AvgIpc) is 2.40. The second-order valence-corrected chi connectivity index (χ2v) is 4.50. The minimum atomic E-state index is -0.0268. The van der Waals surface area contributed by atoms with Crippen molar-refractivity contribution in [1.29, 1.82) is 0 Å². The van der Waals surface area contributed by atoms with Gasteiger partial charge in [-0.05, 0) is 38.0 Å². The van der Waals surface area contributed by atoms with E-state index in [1.807, 2.05) is 31.2 Å². The average molecular weight is 248 g/mol. The molecule has 1 amide bonds. The summed E-state index contributed by atoms with van der Waals surface area (Å²) in [7, 11) is 0. The molecule has 1 aliphatic heterocycles. The molecule has 4 heteroatoms. The molecule has 1 atom stereocenters. The van der Waals surface area contributed by atoms with E-state index in [-0.39, 0.29) is 5.91 Å². The Morgan fingerprint density at radius 3 is 3.11 bits per heavy atom. The number of rotatable bonds is 4. The molecule has 1 fully saturated rings. The van der Waals surface area contributed by atoms with Crippen molar-refractivity contribution in [2.24, 2.45) is 0 Å². The molecule has 4 nitrogen and oxygen atoms in total. The van der Waals surface area contributed by atoms with Crippen LogP contribution in [0.2, 0.25) is 0 Å². The fourth-order valence-corrected chi connectivity index (χ4v) is 2.10. The number of anilines is 1. The third-order valence-electron chi connectivity index (χ3n) is 2.99. The Balaban J connectivity index is 2.00. The Hall–Kier alpha value is -1.55. The summed E-state index contributed by atoms with van der Waals surface area (Å²) in [5.74, 6) is -0.0268. The number of amides is 1. The van der Waals surface area contributed by atoms with E-state index < -0.39 is 0 Å². The maximum atomic E-state index is 11.7. The van der Waals surface area contributed by atoms with Crippen LogP contribution in [0.4, 0.5) is 5.69 Å². The minimum absolute atomic E-state index is 0.0268. The van der Waals surface area contributed by atoms with Crippen molar-refractivity contribution < 1.29 is 9.53 Å². The Kier molecular flexibility index (Phi) is 4.59. The van der Waals surface area contributed by atoms with E-state index in [1.165, 1.54) is 0 Å². The molecule has 0 aliphatic carbocycles. The van der Waals surface area contributed by atoms with Crippen molar-refractivity contribution >= 4 is 11.6 Å². The zero-order chi connectivity index (χ0) is 12.8. The quantitative estimate of drug-likeness (QED) is 0.857. The maximum Gasteiger partial charge on any atom is 0.251 e. The van der Waals surface area contributed by atoms with Crippen molar-refractivity contribution in [1.82, 2.24) is 5.32 Å². The van der Waals surface area contributed by atoms with E-state index in [9.17, 15) is 4.79 Å². The fraction of sp³-hybridized carbons (Fsp3) is 0.500. The number of carbonyl (C=O) groups excluding carboxylic acids is 1. The van der Waals surface area contributed by atoms with Crippen LogP contribution in [0.15, 0.2) is 24.3 Å². The molecular formula is C14H20N2O2. The Morgan fingerprint density at radius 1 is 1.50 bits per heavy atom. The van der Waals surface area contributed by atoms with Gasteiger partial charge in [0, 0.05) is 30.4 Å². The molecule has 0 aromatic heterocycles. The smallest absolute Gasteiger partial charge is 0.251 e. The topological polar surface area (TPSA) is 50.4 Å². The first-order valence-corrected chi connectivity index (χ1v) is 6.52. The number of hydrogen-bond acceptors (Lipinski definition) is 3. The third-order valence-corrected chi connectivity index (χ3v) is 2.99. The SMILES string of the molecule is CCNC(=O)c1cccc(NC2CCCOC2)c1. The number of nitrogens with one attached hydrogen (secondary N) is 2. The predicted molar refractivity (Wildman–Crippen MR) is 71.9 cm³/mol. The predicted octanol–water partition coefficient (Wildman–Crippen LogP) is 2.03. The van der Waals surface area contributed by atoms with Crippen LogP contribution in [0.3, 0.4) is 0 Å². The molecule has 1 aliphatic rings. The van der Waals surface area contributed by atoms with Crippen molar-refractivity contribution in [3.8, 4) is 0 Å². The van der Waals surface area contributed by atoms with Gasteiger partial charge in [0.1, 0.15) is 0 Å². The van der Waals surface area contributed by atoms with Gasteiger partial charge in [-0.1, -0.05) is 6.07 Å². The standard InChI is InChI=1S/C14H20N2O2/c1-2-15-14(17)11-5-3-6-12(9-11)16-13-7-4-8-18-10-13/h3,5-6,9,13,16H,2,4,7-8,10H2,1H3,(H,15,17). The third kappa shape index (κ3) is 3.47. The molecule has 0 bridgehead atoms. The lowest BCUT2D eigenvalue weighted by Gasteiger charge is -2.24. The highest BCUT2D eigenvalue weighted by Gasteiger charge is 2.13. The summed E-state index contributed by atoms with van der Waals surface area (Å²) in [6.07, 6.45) is 2.21. The van der Waals surface area contributed by atoms with Gasteiger partial charge in [0.2, 0.25) is 0 Å². The summed E-state index contributed by atoms with van der Waals surface area (Å²) in [5, 5.41) is 6.21. The van der Waals surface area contributed by atoms with E-state index in [0.717, 1.165) is 31.7 Å². The lowest BCUT2D eigenvalue weighted by atomic mass is 10.1. The van der Waals surface area contributed by atoms with E-state index >= 15 is 0 Å². The zero-order valence-electron chi connectivity index (χ0n) is 10.7. The summed E-state index contributed by atoms with van der Waals surface area (Å²) < 4.78 is 5.43. The highest BCUT2D eigenvalue weighted by Crippen LogP contribution is 2.16. The molecule has 2 N–H and O–H groups in total. The van der Waals surface area contributed by atoms with E-state index in [0.29, 0.717) is 18.2 Å². The molecule has 2 rings (SSSR count). The molecule has 1 heterocycles. The molecule has 0 radical (unpaired) electrons. The lowest BCUT2D eigenvalue weighted by molar-refractivity contribution is 0.0876. The lowest BCUT2D eigenvalue weighted by Crippen LogP contribution is -2.30. The van der Waals surface area contributed by atoms with Crippen LogP contribution in [-0.2, 0) is 4.74 Å². The Bertz CT molecular complexity index is 401. The molecule has 0 spiro atoms. The van der Waals surface area contributed by atoms with Crippen LogP contribution in [-0.4, -0.2) is 31.7 Å². The molecule has 0 saturated carbocycles. The number of ether oxygens (including phenoxy) is 1. The molecule has 1 aromatic rings. The maximum absolute atomic E-state index is 11.7. The number of carbonyl (C=O) groups is 1. The molecule has 1 aromatic carbocycles. The number of hydrogen-bond donors (Lipinski definition) is 2. The molecular weight excluding hydrogens is 228 g/mol.